The summed E-state index contributed by atoms with van der Waals surface area (Å²) < 4.78 is 3.50. The number of fused-ring (bicyclic) bond motifs is 4. The molecule has 2 N–H and O–H groups in total. The molecular weight excluding hydrogens is 448 g/mol. The monoisotopic (exact) mass is 474 g/mol. The zero-order chi connectivity index (χ0) is 24.2. The molecule has 2 aromatic carbocycles. The fourth-order valence-electron chi connectivity index (χ4n) is 5.56. The van der Waals surface area contributed by atoms with Gasteiger partial charge in [-0.3, -0.25) is 19.1 Å². The Kier molecular flexibility index (Phi) is 4.79. The van der Waals surface area contributed by atoms with Crippen LogP contribution in [0, 0.1) is 0 Å². The first-order valence-corrected chi connectivity index (χ1v) is 12.4. The molecule has 7 heteroatoms. The maximum Gasteiger partial charge on any atom is 0.333 e. The van der Waals surface area contributed by atoms with E-state index in [9.17, 15) is 4.79 Å². The van der Waals surface area contributed by atoms with Gasteiger partial charge in [0, 0.05) is 30.4 Å². The average Bonchev–Trinajstić information content (AvgIpc) is 3.51. The van der Waals surface area contributed by atoms with Crippen molar-refractivity contribution in [3.63, 3.8) is 0 Å². The predicted octanol–water partition coefficient (Wildman–Crippen LogP) is 4.89. The predicted molar refractivity (Wildman–Crippen MR) is 144 cm³/mol. The van der Waals surface area contributed by atoms with Crippen LogP contribution in [0.5, 0.6) is 0 Å². The lowest BCUT2D eigenvalue weighted by atomic mass is 9.90. The summed E-state index contributed by atoms with van der Waals surface area (Å²) in [6.07, 6.45) is 7.88. The van der Waals surface area contributed by atoms with Gasteiger partial charge in [-0.1, -0.05) is 18.2 Å². The van der Waals surface area contributed by atoms with Crippen molar-refractivity contribution >= 4 is 33.0 Å². The molecule has 1 fully saturated rings. The second kappa shape index (κ2) is 8.17. The first-order chi connectivity index (χ1) is 17.7. The maximum absolute atomic E-state index is 13.5. The van der Waals surface area contributed by atoms with Crippen LogP contribution in [0.4, 0.5) is 0 Å². The number of imidazole rings is 1. The van der Waals surface area contributed by atoms with Crippen LogP contribution in [0.25, 0.3) is 49.8 Å². The van der Waals surface area contributed by atoms with E-state index in [-0.39, 0.29) is 5.69 Å². The molecular formula is C29H26N6O. The normalized spacial score (nSPS) is 14.8. The molecule has 4 aromatic heterocycles. The van der Waals surface area contributed by atoms with Crippen LogP contribution in [-0.2, 0) is 7.05 Å². The fourth-order valence-corrected chi connectivity index (χ4v) is 5.56. The Morgan fingerprint density at radius 2 is 1.69 bits per heavy atom. The number of nitrogens with one attached hydrogen (secondary N) is 2. The van der Waals surface area contributed by atoms with Crippen molar-refractivity contribution in [2.45, 2.75) is 18.8 Å². The van der Waals surface area contributed by atoms with Gasteiger partial charge in [-0.25, -0.2) is 4.79 Å². The highest BCUT2D eigenvalue weighted by Crippen LogP contribution is 2.31. The molecule has 36 heavy (non-hydrogen) atoms. The molecule has 0 radical (unpaired) electrons. The molecule has 5 heterocycles. The molecule has 0 amide bonds. The Bertz CT molecular complexity index is 1800. The second-order valence-corrected chi connectivity index (χ2v) is 9.65. The molecule has 0 aliphatic carbocycles. The van der Waals surface area contributed by atoms with E-state index in [1.54, 1.807) is 10.8 Å². The third kappa shape index (κ3) is 3.27. The molecule has 0 unspecified atom stereocenters. The van der Waals surface area contributed by atoms with E-state index in [0.29, 0.717) is 5.92 Å². The van der Waals surface area contributed by atoms with Gasteiger partial charge < -0.3 is 10.3 Å². The summed E-state index contributed by atoms with van der Waals surface area (Å²) in [6, 6.07) is 18.8. The highest BCUT2D eigenvalue weighted by atomic mass is 16.1. The van der Waals surface area contributed by atoms with Gasteiger partial charge in [0.05, 0.1) is 39.5 Å². The second-order valence-electron chi connectivity index (χ2n) is 9.65. The lowest BCUT2D eigenvalue weighted by Gasteiger charge is -2.23. The van der Waals surface area contributed by atoms with E-state index >= 15 is 0 Å². The average molecular weight is 475 g/mol. The van der Waals surface area contributed by atoms with Gasteiger partial charge in [0.25, 0.3) is 0 Å². The van der Waals surface area contributed by atoms with Crippen molar-refractivity contribution in [1.82, 2.24) is 29.4 Å². The topological polar surface area (TPSA) is 80.5 Å². The molecule has 0 atom stereocenters. The van der Waals surface area contributed by atoms with Crippen molar-refractivity contribution in [3.8, 4) is 16.8 Å². The summed E-state index contributed by atoms with van der Waals surface area (Å²) in [7, 11) is 1.81. The molecule has 0 bridgehead atoms. The number of aromatic amines is 1. The zero-order valence-electron chi connectivity index (χ0n) is 20.0. The van der Waals surface area contributed by atoms with E-state index in [1.807, 2.05) is 36.1 Å². The first kappa shape index (κ1) is 21.1. The Balaban J connectivity index is 1.41. The Morgan fingerprint density at radius 1 is 0.889 bits per heavy atom. The summed E-state index contributed by atoms with van der Waals surface area (Å²) in [6.45, 7) is 2.12. The van der Waals surface area contributed by atoms with Crippen LogP contribution in [0.1, 0.15) is 24.3 Å². The van der Waals surface area contributed by atoms with Crippen LogP contribution >= 0.6 is 0 Å². The minimum absolute atomic E-state index is 0.0752. The summed E-state index contributed by atoms with van der Waals surface area (Å²) >= 11 is 0. The quantitative estimate of drug-likeness (QED) is 0.383. The highest BCUT2D eigenvalue weighted by Gasteiger charge is 2.19. The van der Waals surface area contributed by atoms with Crippen LogP contribution < -0.4 is 11.0 Å². The third-order valence-corrected chi connectivity index (χ3v) is 7.58. The van der Waals surface area contributed by atoms with Gasteiger partial charge in [-0.15, -0.1) is 0 Å². The largest absolute Gasteiger partial charge is 0.360 e. The number of rotatable bonds is 3. The number of hydrogen-bond donors (Lipinski definition) is 2. The smallest absolute Gasteiger partial charge is 0.333 e. The number of aromatic nitrogens is 5. The Hall–Kier alpha value is -4.23. The summed E-state index contributed by atoms with van der Waals surface area (Å²) in [5, 5.41) is 4.37. The number of hydrogen-bond acceptors (Lipinski definition) is 4. The fraction of sp³-hybridized carbons (Fsp3) is 0.207. The van der Waals surface area contributed by atoms with Crippen LogP contribution in [0.15, 0.2) is 78.0 Å². The number of H-pyrrole nitrogens is 1. The van der Waals surface area contributed by atoms with E-state index in [0.717, 1.165) is 75.7 Å². The number of benzene rings is 2. The van der Waals surface area contributed by atoms with Gasteiger partial charge in [0.2, 0.25) is 0 Å². The molecule has 0 saturated carbocycles. The Labute approximate surface area is 207 Å². The summed E-state index contributed by atoms with van der Waals surface area (Å²) in [5.41, 5.74) is 8.65. The highest BCUT2D eigenvalue weighted by molar-refractivity contribution is 6.04. The molecule has 6 aromatic rings. The van der Waals surface area contributed by atoms with E-state index in [4.69, 9.17) is 0 Å². The number of piperidine rings is 1. The number of aryl methyl sites for hydroxylation is 1. The molecule has 0 spiro atoms. The summed E-state index contributed by atoms with van der Waals surface area (Å²) in [5.74, 6) is 0.572. The maximum atomic E-state index is 13.5. The van der Waals surface area contributed by atoms with Crippen LogP contribution in [0.3, 0.4) is 0 Å². The van der Waals surface area contributed by atoms with Crippen LogP contribution in [-0.4, -0.2) is 37.2 Å². The van der Waals surface area contributed by atoms with Gasteiger partial charge in [-0.2, -0.15) is 0 Å². The lowest BCUT2D eigenvalue weighted by Crippen LogP contribution is -2.26. The van der Waals surface area contributed by atoms with E-state index in [2.05, 4.69) is 62.7 Å². The molecule has 7 rings (SSSR count). The third-order valence-electron chi connectivity index (χ3n) is 7.58. The minimum Gasteiger partial charge on any atom is -0.360 e. The standard InChI is InChI=1S/C29H26N6O/c1-34-27-17-33-24-7-4-20(21-15-26-25(32-16-21)10-13-31-26)14-23(24)28(27)35(29(34)36)22-5-2-18(3-6-22)19-8-11-30-12-9-19/h2-7,10,13-17,19,30-31H,8-9,11-12H2,1H3. The molecule has 178 valence electrons. The summed E-state index contributed by atoms with van der Waals surface area (Å²) in [4.78, 5) is 26.0. The van der Waals surface area contributed by atoms with Crippen molar-refractivity contribution < 1.29 is 0 Å². The van der Waals surface area contributed by atoms with Crippen LogP contribution in [0.2, 0.25) is 0 Å². The van der Waals surface area contributed by atoms with Crippen molar-refractivity contribution in [3.05, 3.63) is 89.2 Å². The van der Waals surface area contributed by atoms with E-state index in [1.165, 1.54) is 5.56 Å². The SMILES string of the molecule is Cn1c(=O)n(-c2ccc(C3CCNCC3)cc2)c2c3cc(-c4cnc5cc[nH]c5c4)ccc3ncc21. The zero-order valence-corrected chi connectivity index (χ0v) is 20.0. The lowest BCUT2D eigenvalue weighted by molar-refractivity contribution is 0.460. The van der Waals surface area contributed by atoms with Crippen molar-refractivity contribution in [2.24, 2.45) is 7.05 Å². The minimum atomic E-state index is -0.0752. The Morgan fingerprint density at radius 3 is 2.53 bits per heavy atom. The van der Waals surface area contributed by atoms with Crippen molar-refractivity contribution in [1.29, 1.82) is 0 Å². The first-order valence-electron chi connectivity index (χ1n) is 12.4. The molecule has 1 aliphatic rings. The van der Waals surface area contributed by atoms with Gasteiger partial charge in [0.1, 0.15) is 0 Å². The van der Waals surface area contributed by atoms with Gasteiger partial charge >= 0.3 is 5.69 Å². The molecule has 1 aliphatic heterocycles. The molecule has 7 nitrogen and oxygen atoms in total. The molecule has 1 saturated heterocycles. The van der Waals surface area contributed by atoms with E-state index < -0.39 is 0 Å². The van der Waals surface area contributed by atoms with Crippen molar-refractivity contribution in [2.75, 3.05) is 13.1 Å². The number of pyridine rings is 2. The van der Waals surface area contributed by atoms with Gasteiger partial charge in [-0.05, 0) is 79.4 Å². The number of nitrogens with zero attached hydrogens (tertiary/aromatic N) is 4. The van der Waals surface area contributed by atoms with Gasteiger partial charge in [0.15, 0.2) is 0 Å².